The van der Waals surface area contributed by atoms with Crippen LogP contribution in [0.5, 0.6) is 23.0 Å². The minimum atomic E-state index is -0.613. The second-order valence-electron chi connectivity index (χ2n) is 9.95. The predicted octanol–water partition coefficient (Wildman–Crippen LogP) is 8.53. The number of rotatable bonds is 12. The quantitative estimate of drug-likeness (QED) is 0.0472. The smallest absolute Gasteiger partial charge is 0.273 e. The number of azo groups is 2. The molecule has 4 rings (SSSR count). The third kappa shape index (κ3) is 10.6. The summed E-state index contributed by atoms with van der Waals surface area (Å²) >= 11 is 0. The average Bonchev–Trinajstić information content (AvgIpc) is 3.06. The van der Waals surface area contributed by atoms with Gasteiger partial charge in [0.05, 0.1) is 22.0 Å². The van der Waals surface area contributed by atoms with E-state index in [0.29, 0.717) is 0 Å². The first-order valence-corrected chi connectivity index (χ1v) is 14.9. The minimum Gasteiger partial charge on any atom is -0.506 e. The maximum atomic E-state index is 10.6. The van der Waals surface area contributed by atoms with Gasteiger partial charge in [0.25, 0.3) is 11.4 Å². The summed E-state index contributed by atoms with van der Waals surface area (Å²) in [6, 6.07) is 17.1. The Labute approximate surface area is 291 Å². The summed E-state index contributed by atoms with van der Waals surface area (Å²) in [7, 11) is 0. The molecule has 0 spiro atoms. The molecule has 0 unspecified atom stereocenters. The van der Waals surface area contributed by atoms with Crippen molar-refractivity contribution in [1.29, 1.82) is 0 Å². The van der Waals surface area contributed by atoms with Crippen LogP contribution >= 0.6 is 0 Å². The van der Waals surface area contributed by atoms with E-state index in [1.54, 1.807) is 24.3 Å². The number of hydrogen-bond acceptors (Lipinski definition) is 14. The Bertz CT molecular complexity index is 1680. The van der Waals surface area contributed by atoms with Gasteiger partial charge in [-0.2, -0.15) is 0 Å². The van der Waals surface area contributed by atoms with Crippen molar-refractivity contribution in [3.63, 3.8) is 0 Å². The van der Waals surface area contributed by atoms with Crippen LogP contribution in [0, 0.1) is 20.2 Å². The van der Waals surface area contributed by atoms with Crippen LogP contribution in [0.4, 0.5) is 45.5 Å². The Morgan fingerprint density at radius 2 is 0.776 bits per heavy atom. The second kappa shape index (κ2) is 18.5. The molecule has 0 amide bonds. The van der Waals surface area contributed by atoms with Gasteiger partial charge in [0.2, 0.25) is 0 Å². The molecule has 0 saturated carbocycles. The van der Waals surface area contributed by atoms with Crippen LogP contribution in [0.3, 0.4) is 0 Å². The van der Waals surface area contributed by atoms with Crippen molar-refractivity contribution in [2.75, 3.05) is 36.0 Å². The summed E-state index contributed by atoms with van der Waals surface area (Å²) in [5.74, 6) is -0.784. The van der Waals surface area contributed by atoms with Gasteiger partial charge < -0.3 is 30.2 Å². The minimum absolute atomic E-state index is 0. The van der Waals surface area contributed by atoms with Crippen LogP contribution in [0.1, 0.15) is 27.7 Å². The van der Waals surface area contributed by atoms with Gasteiger partial charge >= 0.3 is 0 Å². The van der Waals surface area contributed by atoms with Gasteiger partial charge in [-0.25, -0.2) is 0 Å². The van der Waals surface area contributed by atoms with Crippen molar-refractivity contribution in [2.24, 2.45) is 20.5 Å². The number of nitro groups is 2. The molecule has 0 atom stereocenters. The van der Waals surface area contributed by atoms with E-state index >= 15 is 0 Å². The number of nitrogens with zero attached hydrogens (tertiary/aromatic N) is 8. The zero-order valence-electron chi connectivity index (χ0n) is 27.1. The van der Waals surface area contributed by atoms with Gasteiger partial charge in [0, 0.05) is 78.3 Å². The molecule has 0 aliphatic heterocycles. The first-order chi connectivity index (χ1) is 22.9. The number of hydrogen-bond donors (Lipinski definition) is 4. The molecule has 0 bridgehead atoms. The van der Waals surface area contributed by atoms with E-state index in [1.165, 1.54) is 24.3 Å². The maximum absolute atomic E-state index is 10.6. The predicted molar refractivity (Wildman–Crippen MR) is 181 cm³/mol. The standard InChI is InChI=1S/2C16H18N4O4.Ni/c2*1-3-19(4-2)11-5-7-13(15(21)9-11)17-18-14-8-6-12(20(23)24)10-16(14)22;/h2*5-10,21-22H,3-4H2,1-2H3;. The molecule has 49 heavy (non-hydrogen) atoms. The molecule has 262 valence electrons. The fourth-order valence-corrected chi connectivity index (χ4v) is 4.40. The van der Waals surface area contributed by atoms with E-state index in [1.807, 2.05) is 39.8 Å². The Kier molecular flexibility index (Phi) is 14.9. The molecule has 16 nitrogen and oxygen atoms in total. The molecule has 0 aliphatic carbocycles. The van der Waals surface area contributed by atoms with Gasteiger partial charge in [0.1, 0.15) is 45.7 Å². The van der Waals surface area contributed by atoms with Crippen LogP contribution in [0.25, 0.3) is 0 Å². The van der Waals surface area contributed by atoms with Gasteiger partial charge in [-0.1, -0.05) is 0 Å². The van der Waals surface area contributed by atoms with E-state index in [9.17, 15) is 40.7 Å². The molecule has 17 heteroatoms. The van der Waals surface area contributed by atoms with Gasteiger partial charge in [-0.3, -0.25) is 20.2 Å². The van der Waals surface area contributed by atoms with Crippen molar-refractivity contribution in [3.8, 4) is 23.0 Å². The van der Waals surface area contributed by atoms with Crippen LogP contribution < -0.4 is 9.80 Å². The van der Waals surface area contributed by atoms with Crippen molar-refractivity contribution in [1.82, 2.24) is 0 Å². The fourth-order valence-electron chi connectivity index (χ4n) is 4.40. The molecular weight excluding hydrogens is 683 g/mol. The third-order valence-corrected chi connectivity index (χ3v) is 7.05. The first-order valence-electron chi connectivity index (χ1n) is 14.9. The average molecular weight is 719 g/mol. The van der Waals surface area contributed by atoms with E-state index in [2.05, 4.69) is 30.3 Å². The SMILES string of the molecule is CCN(CC)c1ccc(N=Nc2ccc([N+](=O)[O-])cc2O)c(O)c1.CCN(CC)c1ccc(N=Nc2ccc([N+](=O)[O-])cc2O)c(O)c1.[Ni]. The second-order valence-corrected chi connectivity index (χ2v) is 9.95. The molecule has 4 aromatic rings. The summed E-state index contributed by atoms with van der Waals surface area (Å²) in [6.07, 6.45) is 0. The number of aromatic hydroxyl groups is 4. The van der Waals surface area contributed by atoms with Crippen LogP contribution in [0.2, 0.25) is 0 Å². The summed E-state index contributed by atoms with van der Waals surface area (Å²) in [5, 5.41) is 76.3. The number of phenols is 4. The Morgan fingerprint density at radius 1 is 0.510 bits per heavy atom. The molecule has 0 heterocycles. The van der Waals surface area contributed by atoms with Crippen LogP contribution in [-0.4, -0.2) is 56.5 Å². The zero-order valence-corrected chi connectivity index (χ0v) is 28.1. The Morgan fingerprint density at radius 3 is 1.00 bits per heavy atom. The summed E-state index contributed by atoms with van der Waals surface area (Å²) in [6.45, 7) is 11.3. The first kappa shape index (κ1) is 39.4. The fraction of sp³-hybridized carbons (Fsp3) is 0.250. The Hall–Kier alpha value is -5.83. The van der Waals surface area contributed by atoms with E-state index in [-0.39, 0.29) is 73.6 Å². The number of non-ortho nitro benzene ring substituents is 2. The van der Waals surface area contributed by atoms with Crippen molar-refractivity contribution >= 4 is 45.5 Å². The number of phenolic OH excluding ortho intramolecular Hbond substituents is 4. The maximum Gasteiger partial charge on any atom is 0.273 e. The van der Waals surface area contributed by atoms with Gasteiger partial charge in [0.15, 0.2) is 0 Å². The molecular formula is C32H36N8NiO8. The van der Waals surface area contributed by atoms with Crippen molar-refractivity contribution in [3.05, 3.63) is 93.0 Å². The van der Waals surface area contributed by atoms with Crippen LogP contribution in [-0.2, 0) is 16.5 Å². The molecule has 0 aromatic heterocycles. The molecule has 0 saturated heterocycles. The molecule has 0 radical (unpaired) electrons. The zero-order chi connectivity index (χ0) is 35.4. The van der Waals surface area contributed by atoms with Gasteiger partial charge in [-0.05, 0) is 64.1 Å². The van der Waals surface area contributed by atoms with Gasteiger partial charge in [-0.15, -0.1) is 20.5 Å². The molecule has 4 aromatic carbocycles. The van der Waals surface area contributed by atoms with E-state index in [0.717, 1.165) is 49.7 Å². The normalized spacial score (nSPS) is 10.7. The topological polar surface area (TPSA) is 223 Å². The number of benzene rings is 4. The van der Waals surface area contributed by atoms with Crippen molar-refractivity contribution in [2.45, 2.75) is 27.7 Å². The molecule has 0 aliphatic rings. The molecule has 4 N–H and O–H groups in total. The summed E-state index contributed by atoms with van der Waals surface area (Å²) < 4.78 is 0. The number of anilines is 2. The monoisotopic (exact) mass is 718 g/mol. The largest absolute Gasteiger partial charge is 0.506 e. The Balaban J connectivity index is 0.000000333. The number of nitro benzene ring substituents is 2. The third-order valence-electron chi connectivity index (χ3n) is 7.05. The van der Waals surface area contributed by atoms with E-state index < -0.39 is 9.85 Å². The van der Waals surface area contributed by atoms with E-state index in [4.69, 9.17) is 0 Å². The van der Waals surface area contributed by atoms with Crippen molar-refractivity contribution < 1.29 is 46.8 Å². The summed E-state index contributed by atoms with van der Waals surface area (Å²) in [5.41, 5.74) is 1.90. The molecule has 0 fully saturated rings. The van der Waals surface area contributed by atoms with Crippen LogP contribution in [0.15, 0.2) is 93.3 Å². The summed E-state index contributed by atoms with van der Waals surface area (Å²) in [4.78, 5) is 24.2.